The molecule has 0 radical (unpaired) electrons. The summed E-state index contributed by atoms with van der Waals surface area (Å²) < 4.78 is 11.2. The molecule has 39 heavy (non-hydrogen) atoms. The number of rotatable bonds is 9. The van der Waals surface area contributed by atoms with Crippen molar-refractivity contribution in [2.24, 2.45) is 5.92 Å². The van der Waals surface area contributed by atoms with Crippen molar-refractivity contribution in [2.75, 3.05) is 18.1 Å². The molecule has 1 aliphatic rings. The molecule has 0 spiro atoms. The molecule has 1 amide bonds. The van der Waals surface area contributed by atoms with Crippen molar-refractivity contribution in [3.8, 4) is 11.5 Å². The van der Waals surface area contributed by atoms with Gasteiger partial charge in [0.1, 0.15) is 11.5 Å². The van der Waals surface area contributed by atoms with Gasteiger partial charge in [0.25, 0.3) is 0 Å². The van der Waals surface area contributed by atoms with Crippen molar-refractivity contribution < 1.29 is 23.9 Å². The lowest BCUT2D eigenvalue weighted by molar-refractivity contribution is -0.147. The zero-order chi connectivity index (χ0) is 27.4. The van der Waals surface area contributed by atoms with Gasteiger partial charge in [0, 0.05) is 24.1 Å². The van der Waals surface area contributed by atoms with Crippen molar-refractivity contribution in [3.63, 3.8) is 0 Å². The number of amides is 1. The lowest BCUT2D eigenvalue weighted by atomic mass is 9.78. The Kier molecular flexibility index (Phi) is 7.61. The lowest BCUT2D eigenvalue weighted by Gasteiger charge is -2.26. The van der Waals surface area contributed by atoms with E-state index >= 15 is 0 Å². The molecule has 3 aromatic carbocycles. The summed E-state index contributed by atoms with van der Waals surface area (Å²) in [5.74, 6) is -0.190. The van der Waals surface area contributed by atoms with E-state index in [0.29, 0.717) is 22.1 Å². The van der Waals surface area contributed by atoms with E-state index in [1.807, 2.05) is 18.2 Å². The third-order valence-corrected chi connectivity index (χ3v) is 7.97. The molecule has 198 valence electrons. The van der Waals surface area contributed by atoms with E-state index in [2.05, 4.69) is 50.2 Å². The van der Waals surface area contributed by atoms with Gasteiger partial charge in [-0.05, 0) is 59.0 Å². The summed E-state index contributed by atoms with van der Waals surface area (Å²) in [6.07, 6.45) is 0.0515. The van der Waals surface area contributed by atoms with Crippen molar-refractivity contribution >= 4 is 34.7 Å². The lowest BCUT2D eigenvalue weighted by Crippen LogP contribution is -2.27. The third kappa shape index (κ3) is 5.94. The Morgan fingerprint density at radius 3 is 2.15 bits per heavy atom. The minimum absolute atomic E-state index is 0.0515. The molecule has 1 aliphatic heterocycles. The van der Waals surface area contributed by atoms with Crippen molar-refractivity contribution in [2.45, 2.75) is 25.7 Å². The van der Waals surface area contributed by atoms with E-state index in [1.165, 1.54) is 22.5 Å². The number of ether oxygens (including phenoxy) is 2. The van der Waals surface area contributed by atoms with Crippen LogP contribution in [-0.2, 0) is 19.7 Å². The van der Waals surface area contributed by atoms with Crippen LogP contribution < -0.4 is 9.64 Å². The van der Waals surface area contributed by atoms with Gasteiger partial charge in [-0.15, -0.1) is 11.3 Å². The number of benzene rings is 3. The quantitative estimate of drug-likeness (QED) is 0.176. The molecule has 0 saturated carbocycles. The van der Waals surface area contributed by atoms with Crippen molar-refractivity contribution in [1.82, 2.24) is 0 Å². The average Bonchev–Trinajstić information content (AvgIpc) is 3.63. The van der Waals surface area contributed by atoms with Crippen LogP contribution in [0.3, 0.4) is 0 Å². The first-order chi connectivity index (χ1) is 18.8. The van der Waals surface area contributed by atoms with Crippen LogP contribution >= 0.6 is 11.3 Å². The first kappa shape index (κ1) is 26.4. The van der Waals surface area contributed by atoms with Gasteiger partial charge in [-0.3, -0.25) is 14.4 Å². The standard InChI is InChI=1S/C32H29NO5S/c1-32(2,23-7-4-3-5-8-23)24-10-14-26(15-11-24)38-27-16-12-25(13-17-27)33-20-22(19-30(33)35)31(36)37-21-28(34)29-9-6-18-39-29/h3-18,22H,19-21H2,1-2H3/t22-/m0/s1. The summed E-state index contributed by atoms with van der Waals surface area (Å²) >= 11 is 1.30. The number of ketones is 1. The van der Waals surface area contributed by atoms with Gasteiger partial charge in [-0.1, -0.05) is 62.4 Å². The summed E-state index contributed by atoms with van der Waals surface area (Å²) in [5.41, 5.74) is 2.98. The van der Waals surface area contributed by atoms with Crippen LogP contribution in [0, 0.1) is 5.92 Å². The van der Waals surface area contributed by atoms with Gasteiger partial charge in [0.05, 0.1) is 10.8 Å². The van der Waals surface area contributed by atoms with Gasteiger partial charge in [0.2, 0.25) is 11.7 Å². The highest BCUT2D eigenvalue weighted by Crippen LogP contribution is 2.34. The zero-order valence-electron chi connectivity index (χ0n) is 21.8. The monoisotopic (exact) mass is 539 g/mol. The Balaban J connectivity index is 1.17. The number of hydrogen-bond donors (Lipinski definition) is 0. The molecular weight excluding hydrogens is 510 g/mol. The topological polar surface area (TPSA) is 72.9 Å². The third-order valence-electron chi connectivity index (χ3n) is 7.06. The Morgan fingerprint density at radius 2 is 1.51 bits per heavy atom. The summed E-state index contributed by atoms with van der Waals surface area (Å²) in [6, 6.07) is 29.1. The van der Waals surface area contributed by atoms with Crippen molar-refractivity contribution in [3.05, 3.63) is 112 Å². The highest BCUT2D eigenvalue weighted by atomic mass is 32.1. The molecule has 7 heteroatoms. The minimum atomic E-state index is -0.608. The fraction of sp³-hybridized carbons (Fsp3) is 0.219. The number of thiophene rings is 1. The molecule has 0 aliphatic carbocycles. The fourth-order valence-corrected chi connectivity index (χ4v) is 5.32. The Bertz CT molecular complexity index is 1440. The van der Waals surface area contributed by atoms with Crippen LogP contribution in [-0.4, -0.2) is 30.8 Å². The van der Waals surface area contributed by atoms with E-state index in [4.69, 9.17) is 9.47 Å². The van der Waals surface area contributed by atoms with Crippen LogP contribution in [0.4, 0.5) is 5.69 Å². The predicted octanol–water partition coefficient (Wildman–Crippen LogP) is 6.65. The smallest absolute Gasteiger partial charge is 0.311 e. The molecule has 0 bridgehead atoms. The fourth-order valence-electron chi connectivity index (χ4n) is 4.67. The van der Waals surface area contributed by atoms with Gasteiger partial charge < -0.3 is 14.4 Å². The van der Waals surface area contributed by atoms with E-state index in [-0.39, 0.29) is 36.7 Å². The Labute approximate surface area is 231 Å². The van der Waals surface area contributed by atoms with Gasteiger partial charge in [-0.2, -0.15) is 0 Å². The largest absolute Gasteiger partial charge is 0.457 e. The molecule has 1 fully saturated rings. The average molecular weight is 540 g/mol. The number of hydrogen-bond acceptors (Lipinski definition) is 6. The minimum Gasteiger partial charge on any atom is -0.457 e. The molecule has 4 aromatic rings. The number of carbonyl (C=O) groups is 3. The Hall–Kier alpha value is -4.23. The number of Topliss-reactive ketones (excluding diaryl/α,β-unsaturated/α-hetero) is 1. The predicted molar refractivity (Wildman–Crippen MR) is 152 cm³/mol. The normalized spacial score (nSPS) is 15.3. The van der Waals surface area contributed by atoms with Crippen LogP contribution in [0.1, 0.15) is 41.1 Å². The second kappa shape index (κ2) is 11.3. The zero-order valence-corrected chi connectivity index (χ0v) is 22.6. The van der Waals surface area contributed by atoms with Gasteiger partial charge in [0.15, 0.2) is 6.61 Å². The summed E-state index contributed by atoms with van der Waals surface area (Å²) in [7, 11) is 0. The van der Waals surface area contributed by atoms with Crippen molar-refractivity contribution in [1.29, 1.82) is 0 Å². The van der Waals surface area contributed by atoms with Crippen LogP contribution in [0.15, 0.2) is 96.4 Å². The van der Waals surface area contributed by atoms with Crippen LogP contribution in [0.2, 0.25) is 0 Å². The second-order valence-corrected chi connectivity index (χ2v) is 11.0. The number of esters is 1. The molecular formula is C32H29NO5S. The molecule has 0 unspecified atom stereocenters. The van der Waals surface area contributed by atoms with E-state index in [9.17, 15) is 14.4 Å². The second-order valence-electron chi connectivity index (χ2n) is 10.0. The SMILES string of the molecule is CC(C)(c1ccccc1)c1ccc(Oc2ccc(N3C[C@@H](C(=O)OCC(=O)c4cccs4)CC3=O)cc2)cc1. The summed E-state index contributed by atoms with van der Waals surface area (Å²) in [6.45, 7) is 4.29. The van der Waals surface area contributed by atoms with E-state index < -0.39 is 11.9 Å². The van der Waals surface area contributed by atoms with Crippen LogP contribution in [0.5, 0.6) is 11.5 Å². The van der Waals surface area contributed by atoms with E-state index in [0.717, 1.165) is 0 Å². The summed E-state index contributed by atoms with van der Waals surface area (Å²) in [5, 5.41) is 1.79. The number of carbonyl (C=O) groups excluding carboxylic acids is 3. The Morgan fingerprint density at radius 1 is 0.872 bits per heavy atom. The molecule has 2 heterocycles. The number of nitrogens with zero attached hydrogens (tertiary/aromatic N) is 1. The molecule has 0 N–H and O–H groups in total. The molecule has 1 aromatic heterocycles. The summed E-state index contributed by atoms with van der Waals surface area (Å²) in [4.78, 5) is 39.3. The maximum Gasteiger partial charge on any atom is 0.311 e. The van der Waals surface area contributed by atoms with Gasteiger partial charge in [-0.25, -0.2) is 0 Å². The highest BCUT2D eigenvalue weighted by Gasteiger charge is 2.36. The maximum atomic E-state index is 12.6. The first-order valence-electron chi connectivity index (χ1n) is 12.8. The van der Waals surface area contributed by atoms with Gasteiger partial charge >= 0.3 is 5.97 Å². The maximum absolute atomic E-state index is 12.6. The van der Waals surface area contributed by atoms with E-state index in [1.54, 1.807) is 46.7 Å². The molecule has 1 saturated heterocycles. The van der Waals surface area contributed by atoms with Crippen LogP contribution in [0.25, 0.3) is 0 Å². The molecule has 6 nitrogen and oxygen atoms in total. The highest BCUT2D eigenvalue weighted by molar-refractivity contribution is 7.12. The number of anilines is 1. The molecule has 1 atom stereocenters. The first-order valence-corrected chi connectivity index (χ1v) is 13.7. The molecule has 5 rings (SSSR count).